The van der Waals surface area contributed by atoms with Gasteiger partial charge in [0.1, 0.15) is 13.2 Å². The number of allylic oxidation sites excluding steroid dienone is 14. The topological polar surface area (TPSA) is 78.9 Å². The Morgan fingerprint density at radius 2 is 0.721 bits per heavy atom. The van der Waals surface area contributed by atoms with E-state index < -0.39 is 6.10 Å². The van der Waals surface area contributed by atoms with Crippen LogP contribution in [0.15, 0.2) is 85.1 Å². The van der Waals surface area contributed by atoms with Gasteiger partial charge in [-0.15, -0.1) is 0 Å². The van der Waals surface area contributed by atoms with Crippen LogP contribution in [-0.4, -0.2) is 37.2 Å². The summed E-state index contributed by atoms with van der Waals surface area (Å²) in [7, 11) is 0. The minimum absolute atomic E-state index is 0.0987. The zero-order valence-corrected chi connectivity index (χ0v) is 39.7. The molecule has 0 spiro atoms. The second kappa shape index (κ2) is 49.2. The lowest BCUT2D eigenvalue weighted by atomic mass is 10.1. The van der Waals surface area contributed by atoms with Crippen molar-refractivity contribution in [1.82, 2.24) is 0 Å². The van der Waals surface area contributed by atoms with E-state index >= 15 is 0 Å². The number of rotatable bonds is 44. The molecule has 0 aromatic carbocycles. The van der Waals surface area contributed by atoms with Gasteiger partial charge in [-0.05, 0) is 96.3 Å². The van der Waals surface area contributed by atoms with E-state index in [9.17, 15) is 14.4 Å². The van der Waals surface area contributed by atoms with Crippen LogP contribution in [0.3, 0.4) is 0 Å². The van der Waals surface area contributed by atoms with Crippen molar-refractivity contribution in [3.05, 3.63) is 85.1 Å². The molecule has 0 N–H and O–H groups in total. The monoisotopic (exact) mass is 849 g/mol. The highest BCUT2D eigenvalue weighted by Crippen LogP contribution is 2.14. The van der Waals surface area contributed by atoms with Gasteiger partial charge in [0.25, 0.3) is 0 Å². The molecule has 0 aliphatic rings. The maximum atomic E-state index is 12.8. The quantitative estimate of drug-likeness (QED) is 0.0200. The summed E-state index contributed by atoms with van der Waals surface area (Å²) in [6.45, 7) is 6.33. The molecule has 1 unspecified atom stereocenters. The Morgan fingerprint density at radius 1 is 0.361 bits per heavy atom. The summed E-state index contributed by atoms with van der Waals surface area (Å²) in [5.41, 5.74) is 0. The Bertz CT molecular complexity index is 1200. The predicted molar refractivity (Wildman–Crippen MR) is 261 cm³/mol. The molecule has 0 aliphatic carbocycles. The molecule has 0 amide bonds. The predicted octanol–water partition coefficient (Wildman–Crippen LogP) is 16.4. The molecule has 1 atom stereocenters. The van der Waals surface area contributed by atoms with Crippen molar-refractivity contribution < 1.29 is 28.6 Å². The second-order valence-corrected chi connectivity index (χ2v) is 16.4. The zero-order valence-electron chi connectivity index (χ0n) is 39.7. The van der Waals surface area contributed by atoms with E-state index in [0.29, 0.717) is 19.3 Å². The summed E-state index contributed by atoms with van der Waals surface area (Å²) in [5, 5.41) is 0. The molecule has 0 aliphatic heterocycles. The fraction of sp³-hybridized carbons (Fsp3) is 0.691. The minimum Gasteiger partial charge on any atom is -0.462 e. The number of carbonyl (C=O) groups excluding carboxylic acids is 3. The lowest BCUT2D eigenvalue weighted by molar-refractivity contribution is -0.167. The van der Waals surface area contributed by atoms with E-state index in [1.54, 1.807) is 0 Å². The summed E-state index contributed by atoms with van der Waals surface area (Å²) >= 11 is 0. The molecule has 0 saturated carbocycles. The lowest BCUT2D eigenvalue weighted by Gasteiger charge is -2.18. The first-order chi connectivity index (χ1) is 30.0. The maximum absolute atomic E-state index is 12.8. The van der Waals surface area contributed by atoms with Crippen LogP contribution in [0.1, 0.15) is 226 Å². The SMILES string of the molecule is CC\C=C/C=C\C=C/CCCCCCCCCC(=O)OC(COC(=O)CCCC/C=C\C/C=C\C/C=C\CC)COC(=O)CCCCCCC/C=C\CCCCCCCCC. The van der Waals surface area contributed by atoms with Crippen molar-refractivity contribution >= 4 is 17.9 Å². The van der Waals surface area contributed by atoms with Crippen LogP contribution < -0.4 is 0 Å². The van der Waals surface area contributed by atoms with Crippen LogP contribution in [0, 0.1) is 0 Å². The van der Waals surface area contributed by atoms with Crippen LogP contribution in [0.25, 0.3) is 0 Å². The fourth-order valence-corrected chi connectivity index (χ4v) is 6.69. The van der Waals surface area contributed by atoms with Gasteiger partial charge in [0.2, 0.25) is 0 Å². The van der Waals surface area contributed by atoms with E-state index in [-0.39, 0.29) is 31.1 Å². The van der Waals surface area contributed by atoms with Crippen LogP contribution in [0.2, 0.25) is 0 Å². The molecule has 0 aromatic rings. The van der Waals surface area contributed by atoms with Crippen molar-refractivity contribution in [2.45, 2.75) is 232 Å². The van der Waals surface area contributed by atoms with Crippen molar-refractivity contribution in [1.29, 1.82) is 0 Å². The first kappa shape index (κ1) is 57.6. The Morgan fingerprint density at radius 3 is 1.23 bits per heavy atom. The Hall–Kier alpha value is -3.41. The number of esters is 3. The van der Waals surface area contributed by atoms with Crippen LogP contribution in [0.4, 0.5) is 0 Å². The molecule has 0 rings (SSSR count). The van der Waals surface area contributed by atoms with E-state index in [0.717, 1.165) is 103 Å². The van der Waals surface area contributed by atoms with E-state index in [1.807, 2.05) is 0 Å². The second-order valence-electron chi connectivity index (χ2n) is 16.4. The molecule has 0 aromatic heterocycles. The molecule has 348 valence electrons. The number of unbranched alkanes of at least 4 members (excludes halogenated alkanes) is 21. The normalized spacial score (nSPS) is 12.8. The first-order valence-electron chi connectivity index (χ1n) is 25.1. The summed E-state index contributed by atoms with van der Waals surface area (Å²) in [6.07, 6.45) is 62.8. The molecule has 6 nitrogen and oxygen atoms in total. The molecule has 0 bridgehead atoms. The largest absolute Gasteiger partial charge is 0.462 e. The van der Waals surface area contributed by atoms with Crippen LogP contribution in [-0.2, 0) is 28.6 Å². The van der Waals surface area contributed by atoms with Crippen LogP contribution >= 0.6 is 0 Å². The minimum atomic E-state index is -0.801. The number of hydrogen-bond acceptors (Lipinski definition) is 6. The lowest BCUT2D eigenvalue weighted by Crippen LogP contribution is -2.30. The van der Waals surface area contributed by atoms with Crippen molar-refractivity contribution in [2.75, 3.05) is 13.2 Å². The fourth-order valence-electron chi connectivity index (χ4n) is 6.69. The van der Waals surface area contributed by atoms with Gasteiger partial charge in [-0.2, -0.15) is 0 Å². The Balaban J connectivity index is 4.45. The van der Waals surface area contributed by atoms with Crippen molar-refractivity contribution in [3.63, 3.8) is 0 Å². The summed E-state index contributed by atoms with van der Waals surface area (Å²) in [6, 6.07) is 0. The van der Waals surface area contributed by atoms with E-state index in [4.69, 9.17) is 14.2 Å². The average molecular weight is 849 g/mol. The Kier molecular flexibility index (Phi) is 46.5. The van der Waals surface area contributed by atoms with Gasteiger partial charge in [0, 0.05) is 19.3 Å². The van der Waals surface area contributed by atoms with Crippen LogP contribution in [0.5, 0.6) is 0 Å². The number of carbonyl (C=O) groups is 3. The molecule has 61 heavy (non-hydrogen) atoms. The van der Waals surface area contributed by atoms with Gasteiger partial charge in [0.05, 0.1) is 0 Å². The summed E-state index contributed by atoms with van der Waals surface area (Å²) in [4.78, 5) is 37.9. The average Bonchev–Trinajstić information content (AvgIpc) is 3.26. The summed E-state index contributed by atoms with van der Waals surface area (Å²) < 4.78 is 16.7. The van der Waals surface area contributed by atoms with Crippen molar-refractivity contribution in [3.8, 4) is 0 Å². The molecule has 0 radical (unpaired) electrons. The van der Waals surface area contributed by atoms with E-state index in [2.05, 4.69) is 106 Å². The number of hydrogen-bond donors (Lipinski definition) is 0. The number of ether oxygens (including phenoxy) is 3. The summed E-state index contributed by atoms with van der Waals surface area (Å²) in [5.74, 6) is -0.962. The molecular formula is C55H92O6. The molecule has 0 heterocycles. The standard InChI is InChI=1S/C55H92O6/c1-4-7-10-13-16-19-22-25-27-29-30-33-36-39-42-45-48-54(57)60-51-52(50-59-53(56)47-44-41-38-35-32-24-21-18-15-12-9-6-3)61-55(58)49-46-43-40-37-34-31-28-26-23-20-17-14-11-8-5-2/h8-9,11-12,14,17-18,20-21,23,27,29,32,35,52H,4-7,10,13,15-16,19,22,24-26,28,30-31,33-34,36-51H2,1-3H3/b11-8-,12-9-,17-14-,21-18-,23-20-,29-27-,35-32-. The highest BCUT2D eigenvalue weighted by molar-refractivity contribution is 5.71. The van der Waals surface area contributed by atoms with Gasteiger partial charge in [0.15, 0.2) is 6.10 Å². The van der Waals surface area contributed by atoms with Gasteiger partial charge < -0.3 is 14.2 Å². The first-order valence-corrected chi connectivity index (χ1v) is 25.1. The van der Waals surface area contributed by atoms with Crippen molar-refractivity contribution in [2.24, 2.45) is 0 Å². The Labute approximate surface area is 375 Å². The molecular weight excluding hydrogens is 757 g/mol. The highest BCUT2D eigenvalue weighted by atomic mass is 16.6. The third kappa shape index (κ3) is 47.5. The van der Waals surface area contributed by atoms with E-state index in [1.165, 1.54) is 83.5 Å². The van der Waals surface area contributed by atoms with Gasteiger partial charge in [-0.25, -0.2) is 0 Å². The third-order valence-corrected chi connectivity index (χ3v) is 10.4. The molecule has 6 heteroatoms. The highest BCUT2D eigenvalue weighted by Gasteiger charge is 2.19. The molecule has 0 saturated heterocycles. The van der Waals surface area contributed by atoms with Gasteiger partial charge in [-0.3, -0.25) is 14.4 Å². The van der Waals surface area contributed by atoms with Gasteiger partial charge >= 0.3 is 17.9 Å². The maximum Gasteiger partial charge on any atom is 0.306 e. The molecule has 0 fully saturated rings. The third-order valence-electron chi connectivity index (χ3n) is 10.4. The smallest absolute Gasteiger partial charge is 0.306 e. The zero-order chi connectivity index (χ0) is 44.4. The van der Waals surface area contributed by atoms with Gasteiger partial charge in [-0.1, -0.05) is 196 Å².